The Morgan fingerprint density at radius 3 is 2.13 bits per heavy atom. The molecule has 4 heteroatoms. The number of ether oxygens (including phenoxy) is 1. The van der Waals surface area contributed by atoms with Crippen molar-refractivity contribution in [3.05, 3.63) is 0 Å². The lowest BCUT2D eigenvalue weighted by atomic mass is 10.1. The first-order valence-corrected chi connectivity index (χ1v) is 5.26. The van der Waals surface area contributed by atoms with Gasteiger partial charge in [-0.25, -0.2) is 0 Å². The van der Waals surface area contributed by atoms with Crippen molar-refractivity contribution < 1.29 is 9.53 Å². The number of likely N-dealkylation sites (N-methyl/N-ethyl adjacent to an activating group) is 1. The molecule has 0 rings (SSSR count). The minimum absolute atomic E-state index is 0.0757. The van der Waals surface area contributed by atoms with Crippen LogP contribution in [0.1, 0.15) is 34.6 Å². The molecule has 0 radical (unpaired) electrons. The van der Waals surface area contributed by atoms with E-state index < -0.39 is 0 Å². The average Bonchev–Trinajstić information content (AvgIpc) is 2.10. The van der Waals surface area contributed by atoms with E-state index >= 15 is 0 Å². The number of hydrogen-bond donors (Lipinski definition) is 2. The molecule has 90 valence electrons. The summed E-state index contributed by atoms with van der Waals surface area (Å²) in [5, 5.41) is 5.93. The fourth-order valence-electron chi connectivity index (χ4n) is 0.741. The molecule has 0 saturated heterocycles. The molecule has 0 fully saturated rings. The summed E-state index contributed by atoms with van der Waals surface area (Å²) in [4.78, 5) is 11.4. The van der Waals surface area contributed by atoms with Gasteiger partial charge >= 0.3 is 0 Å². The zero-order valence-corrected chi connectivity index (χ0v) is 10.7. The molecule has 0 aromatic rings. The molecular formula is C11H24N2O2. The van der Waals surface area contributed by atoms with Crippen LogP contribution >= 0.6 is 0 Å². The zero-order chi connectivity index (χ0) is 12.1. The largest absolute Gasteiger partial charge is 0.366 e. The Balaban J connectivity index is 3.77. The molecule has 4 nitrogen and oxygen atoms in total. The number of nitrogens with one attached hydrogen (secondary N) is 2. The van der Waals surface area contributed by atoms with Gasteiger partial charge in [0.15, 0.2) is 0 Å². The minimum Gasteiger partial charge on any atom is -0.366 e. The zero-order valence-electron chi connectivity index (χ0n) is 10.7. The van der Waals surface area contributed by atoms with Crippen molar-refractivity contribution in [3.8, 4) is 0 Å². The molecule has 0 aliphatic heterocycles. The molecule has 0 saturated carbocycles. The van der Waals surface area contributed by atoms with Crippen molar-refractivity contribution in [3.63, 3.8) is 0 Å². The van der Waals surface area contributed by atoms with E-state index in [-0.39, 0.29) is 23.7 Å². The highest BCUT2D eigenvalue weighted by Gasteiger charge is 2.17. The molecule has 0 aliphatic carbocycles. The number of amides is 1. The Morgan fingerprint density at radius 1 is 1.20 bits per heavy atom. The summed E-state index contributed by atoms with van der Waals surface area (Å²) in [5.74, 6) is -0.0757. The molecule has 0 unspecified atom stereocenters. The van der Waals surface area contributed by atoms with Gasteiger partial charge in [-0.05, 0) is 41.7 Å². The molecule has 0 aliphatic rings. The summed E-state index contributed by atoms with van der Waals surface area (Å²) in [5.41, 5.74) is -0.354. The number of carbonyl (C=O) groups excluding carboxylic acids is 1. The molecule has 0 heterocycles. The van der Waals surface area contributed by atoms with Crippen LogP contribution in [0.4, 0.5) is 0 Å². The highest BCUT2D eigenvalue weighted by atomic mass is 16.5. The quantitative estimate of drug-likeness (QED) is 0.718. The van der Waals surface area contributed by atoms with Gasteiger partial charge in [-0.1, -0.05) is 0 Å². The van der Waals surface area contributed by atoms with E-state index in [0.717, 1.165) is 0 Å². The van der Waals surface area contributed by atoms with E-state index in [4.69, 9.17) is 4.74 Å². The maximum atomic E-state index is 11.4. The lowest BCUT2D eigenvalue weighted by Crippen LogP contribution is -2.48. The van der Waals surface area contributed by atoms with Crippen LogP contribution in [0.2, 0.25) is 0 Å². The van der Waals surface area contributed by atoms with Gasteiger partial charge in [-0.3, -0.25) is 4.79 Å². The second kappa shape index (κ2) is 5.47. The van der Waals surface area contributed by atoms with Crippen LogP contribution in [-0.4, -0.2) is 37.2 Å². The van der Waals surface area contributed by atoms with E-state index in [0.29, 0.717) is 6.54 Å². The lowest BCUT2D eigenvalue weighted by Gasteiger charge is -2.25. The standard InChI is InChI=1S/C11H24N2O2/c1-10(2,3)15-7-9(14)13-8-11(4,5)12-6/h12H,7-8H2,1-6H3,(H,13,14). The van der Waals surface area contributed by atoms with Gasteiger partial charge < -0.3 is 15.4 Å². The van der Waals surface area contributed by atoms with Crippen molar-refractivity contribution in [1.29, 1.82) is 0 Å². The summed E-state index contributed by atoms with van der Waals surface area (Å²) < 4.78 is 5.36. The predicted octanol–water partition coefficient (Wildman–Crippen LogP) is 0.916. The lowest BCUT2D eigenvalue weighted by molar-refractivity contribution is -0.130. The third kappa shape index (κ3) is 8.39. The highest BCUT2D eigenvalue weighted by Crippen LogP contribution is 2.05. The van der Waals surface area contributed by atoms with Gasteiger partial charge in [0.2, 0.25) is 5.91 Å². The van der Waals surface area contributed by atoms with Gasteiger partial charge in [0.1, 0.15) is 6.61 Å². The molecule has 0 aromatic carbocycles. The summed E-state index contributed by atoms with van der Waals surface area (Å²) in [7, 11) is 1.87. The third-order valence-electron chi connectivity index (χ3n) is 2.04. The number of hydrogen-bond acceptors (Lipinski definition) is 3. The number of carbonyl (C=O) groups is 1. The Bertz CT molecular complexity index is 207. The van der Waals surface area contributed by atoms with Crippen LogP contribution in [0.25, 0.3) is 0 Å². The monoisotopic (exact) mass is 216 g/mol. The fraction of sp³-hybridized carbons (Fsp3) is 0.909. The van der Waals surface area contributed by atoms with Gasteiger partial charge in [-0.2, -0.15) is 0 Å². The first-order valence-electron chi connectivity index (χ1n) is 5.26. The second-order valence-corrected chi connectivity index (χ2v) is 5.31. The molecule has 1 amide bonds. The Labute approximate surface area is 92.8 Å². The Kier molecular flexibility index (Phi) is 5.24. The summed E-state index contributed by atoms with van der Waals surface area (Å²) >= 11 is 0. The normalized spacial score (nSPS) is 12.7. The molecule has 15 heavy (non-hydrogen) atoms. The van der Waals surface area contributed by atoms with E-state index in [1.165, 1.54) is 0 Å². The topological polar surface area (TPSA) is 50.4 Å². The summed E-state index contributed by atoms with van der Waals surface area (Å²) in [6.45, 7) is 10.5. The van der Waals surface area contributed by atoms with Gasteiger partial charge in [0.05, 0.1) is 5.60 Å². The van der Waals surface area contributed by atoms with Crippen LogP contribution in [-0.2, 0) is 9.53 Å². The van der Waals surface area contributed by atoms with Crippen molar-refractivity contribution >= 4 is 5.91 Å². The SMILES string of the molecule is CNC(C)(C)CNC(=O)COC(C)(C)C. The molecule has 0 aromatic heterocycles. The Hall–Kier alpha value is -0.610. The first kappa shape index (κ1) is 14.4. The van der Waals surface area contributed by atoms with Gasteiger partial charge in [0, 0.05) is 12.1 Å². The van der Waals surface area contributed by atoms with Crippen LogP contribution in [0, 0.1) is 0 Å². The summed E-state index contributed by atoms with van der Waals surface area (Å²) in [6, 6.07) is 0. The van der Waals surface area contributed by atoms with E-state index in [1.54, 1.807) is 0 Å². The van der Waals surface area contributed by atoms with Crippen LogP contribution in [0.15, 0.2) is 0 Å². The number of rotatable bonds is 5. The smallest absolute Gasteiger partial charge is 0.246 e. The van der Waals surface area contributed by atoms with Crippen LogP contribution < -0.4 is 10.6 Å². The summed E-state index contributed by atoms with van der Waals surface area (Å²) in [6.07, 6.45) is 0. The fourth-order valence-corrected chi connectivity index (χ4v) is 0.741. The highest BCUT2D eigenvalue weighted by molar-refractivity contribution is 5.77. The Morgan fingerprint density at radius 2 is 1.73 bits per heavy atom. The van der Waals surface area contributed by atoms with Crippen LogP contribution in [0.3, 0.4) is 0 Å². The van der Waals surface area contributed by atoms with Gasteiger partial charge in [0.25, 0.3) is 0 Å². The molecule has 0 bridgehead atoms. The molecule has 0 atom stereocenters. The maximum absolute atomic E-state index is 11.4. The van der Waals surface area contributed by atoms with Crippen molar-refractivity contribution in [1.82, 2.24) is 10.6 Å². The van der Waals surface area contributed by atoms with E-state index in [1.807, 2.05) is 41.7 Å². The van der Waals surface area contributed by atoms with E-state index in [2.05, 4.69) is 10.6 Å². The van der Waals surface area contributed by atoms with Gasteiger partial charge in [-0.15, -0.1) is 0 Å². The van der Waals surface area contributed by atoms with Crippen molar-refractivity contribution in [2.24, 2.45) is 0 Å². The average molecular weight is 216 g/mol. The minimum atomic E-state index is -0.268. The van der Waals surface area contributed by atoms with E-state index in [9.17, 15) is 4.79 Å². The maximum Gasteiger partial charge on any atom is 0.246 e. The first-order chi connectivity index (χ1) is 6.66. The second-order valence-electron chi connectivity index (χ2n) is 5.31. The van der Waals surface area contributed by atoms with Crippen molar-refractivity contribution in [2.75, 3.05) is 20.2 Å². The van der Waals surface area contributed by atoms with Crippen LogP contribution in [0.5, 0.6) is 0 Å². The molecular weight excluding hydrogens is 192 g/mol. The third-order valence-corrected chi connectivity index (χ3v) is 2.04. The van der Waals surface area contributed by atoms with Crippen molar-refractivity contribution in [2.45, 2.75) is 45.8 Å². The predicted molar refractivity (Wildman–Crippen MR) is 61.9 cm³/mol. The molecule has 2 N–H and O–H groups in total. The molecule has 0 spiro atoms.